The van der Waals surface area contributed by atoms with Crippen molar-refractivity contribution in [2.24, 2.45) is 5.73 Å². The number of aryl methyl sites for hydroxylation is 2. The number of methoxy groups -OCH3 is 1. The monoisotopic (exact) mass is 342 g/mol. The van der Waals surface area contributed by atoms with Gasteiger partial charge in [-0.25, -0.2) is 0 Å². The summed E-state index contributed by atoms with van der Waals surface area (Å²) in [5.74, 6) is 0.855. The molecule has 0 fully saturated rings. The highest BCUT2D eigenvalue weighted by Gasteiger charge is 2.15. The molecule has 0 radical (unpaired) electrons. The number of ether oxygens (including phenoxy) is 1. The summed E-state index contributed by atoms with van der Waals surface area (Å²) in [6.45, 7) is 2.78. The predicted octanol–water partition coefficient (Wildman–Crippen LogP) is 5.09. The van der Waals surface area contributed by atoms with Gasteiger partial charge in [-0.15, -0.1) is 0 Å². The molecule has 0 atom stereocenters. The zero-order valence-electron chi connectivity index (χ0n) is 14.2. The molecule has 24 heavy (non-hydrogen) atoms. The molecule has 3 N–H and O–H groups in total. The van der Waals surface area contributed by atoms with Crippen molar-refractivity contribution in [1.29, 1.82) is 0 Å². The van der Waals surface area contributed by atoms with E-state index in [1.165, 1.54) is 10.9 Å². The summed E-state index contributed by atoms with van der Waals surface area (Å²) in [6, 6.07) is 12.2. The Labute approximate surface area is 147 Å². The van der Waals surface area contributed by atoms with Crippen molar-refractivity contribution in [3.63, 3.8) is 0 Å². The lowest BCUT2D eigenvalue weighted by molar-refractivity contribution is 0.415. The van der Waals surface area contributed by atoms with Gasteiger partial charge in [0.05, 0.1) is 12.6 Å². The lowest BCUT2D eigenvalue weighted by atomic mass is 9.99. The van der Waals surface area contributed by atoms with Crippen molar-refractivity contribution in [2.45, 2.75) is 26.2 Å². The lowest BCUT2D eigenvalue weighted by Crippen LogP contribution is -1.99. The van der Waals surface area contributed by atoms with Gasteiger partial charge in [0.25, 0.3) is 0 Å². The number of nitrogens with two attached hydrogens (primary N) is 1. The van der Waals surface area contributed by atoms with Crippen molar-refractivity contribution in [1.82, 2.24) is 4.98 Å². The van der Waals surface area contributed by atoms with Gasteiger partial charge in [0.2, 0.25) is 0 Å². The average Bonchev–Trinajstić information content (AvgIpc) is 2.98. The summed E-state index contributed by atoms with van der Waals surface area (Å²) in [5, 5.41) is 2.03. The van der Waals surface area contributed by atoms with Crippen LogP contribution in [0, 0.1) is 6.92 Å². The van der Waals surface area contributed by atoms with E-state index in [-0.39, 0.29) is 0 Å². The van der Waals surface area contributed by atoms with E-state index in [1.54, 1.807) is 7.11 Å². The first-order valence-electron chi connectivity index (χ1n) is 8.30. The summed E-state index contributed by atoms with van der Waals surface area (Å²) in [7, 11) is 1.69. The summed E-state index contributed by atoms with van der Waals surface area (Å²) in [4.78, 5) is 3.60. The average molecular weight is 343 g/mol. The smallest absolute Gasteiger partial charge is 0.119 e. The van der Waals surface area contributed by atoms with Crippen LogP contribution in [-0.2, 0) is 6.42 Å². The number of nitrogens with one attached hydrogen (secondary N) is 1. The number of unbranched alkanes of at least 4 members (excludes halogenated alkanes) is 1. The first-order chi connectivity index (χ1) is 11.7. The lowest BCUT2D eigenvalue weighted by Gasteiger charge is -2.07. The molecule has 3 aromatic rings. The molecule has 0 aliphatic heterocycles. The molecule has 126 valence electrons. The Morgan fingerprint density at radius 3 is 2.75 bits per heavy atom. The third kappa shape index (κ3) is 3.14. The van der Waals surface area contributed by atoms with Crippen LogP contribution in [0.15, 0.2) is 36.4 Å². The van der Waals surface area contributed by atoms with Crippen LogP contribution < -0.4 is 10.5 Å². The molecule has 3 nitrogen and oxygen atoms in total. The first kappa shape index (κ1) is 16.9. The number of H-pyrrole nitrogens is 1. The fraction of sp³-hybridized carbons (Fsp3) is 0.300. The second-order valence-corrected chi connectivity index (χ2v) is 6.46. The van der Waals surface area contributed by atoms with E-state index in [2.05, 4.69) is 30.1 Å². The van der Waals surface area contributed by atoms with Crippen molar-refractivity contribution in [2.75, 3.05) is 13.7 Å². The Balaban J connectivity index is 2.17. The third-order valence-corrected chi connectivity index (χ3v) is 4.92. The normalized spacial score (nSPS) is 11.2. The molecule has 0 saturated carbocycles. The number of halogens is 1. The van der Waals surface area contributed by atoms with Gasteiger partial charge in [-0.1, -0.05) is 29.8 Å². The van der Waals surface area contributed by atoms with Gasteiger partial charge in [-0.3, -0.25) is 0 Å². The van der Waals surface area contributed by atoms with Crippen LogP contribution in [0.5, 0.6) is 5.75 Å². The fourth-order valence-corrected chi connectivity index (χ4v) is 3.32. The molecule has 1 heterocycles. The van der Waals surface area contributed by atoms with E-state index < -0.39 is 0 Å². The Morgan fingerprint density at radius 2 is 2.00 bits per heavy atom. The zero-order chi connectivity index (χ0) is 17.1. The Bertz CT molecular complexity index is 854. The molecular formula is C20H23ClN2O. The summed E-state index contributed by atoms with van der Waals surface area (Å²) < 4.78 is 5.38. The Kier molecular flexibility index (Phi) is 5.12. The Hall–Kier alpha value is -1.97. The van der Waals surface area contributed by atoms with E-state index in [4.69, 9.17) is 22.1 Å². The van der Waals surface area contributed by atoms with Crippen molar-refractivity contribution < 1.29 is 4.74 Å². The zero-order valence-corrected chi connectivity index (χ0v) is 14.9. The highest BCUT2D eigenvalue weighted by atomic mass is 35.5. The van der Waals surface area contributed by atoms with Crippen LogP contribution in [0.1, 0.15) is 24.0 Å². The number of rotatable bonds is 6. The molecular weight excluding hydrogens is 320 g/mol. The minimum absolute atomic E-state index is 0.724. The summed E-state index contributed by atoms with van der Waals surface area (Å²) in [5.41, 5.74) is 11.5. The van der Waals surface area contributed by atoms with Crippen LogP contribution >= 0.6 is 11.6 Å². The number of fused-ring (bicyclic) bond motifs is 1. The number of hydrogen-bond donors (Lipinski definition) is 2. The third-order valence-electron chi connectivity index (χ3n) is 4.52. The minimum Gasteiger partial charge on any atom is -0.497 e. The molecule has 0 aliphatic rings. The maximum Gasteiger partial charge on any atom is 0.119 e. The van der Waals surface area contributed by atoms with E-state index in [0.29, 0.717) is 0 Å². The van der Waals surface area contributed by atoms with Gasteiger partial charge >= 0.3 is 0 Å². The highest BCUT2D eigenvalue weighted by Crippen LogP contribution is 2.36. The van der Waals surface area contributed by atoms with Crippen molar-refractivity contribution in [3.8, 4) is 17.0 Å². The van der Waals surface area contributed by atoms with Gasteiger partial charge in [0.1, 0.15) is 5.75 Å². The molecule has 3 rings (SSSR count). The molecule has 1 aromatic heterocycles. The van der Waals surface area contributed by atoms with E-state index in [1.807, 2.05) is 18.2 Å². The number of benzene rings is 2. The van der Waals surface area contributed by atoms with Gasteiger partial charge in [-0.05, 0) is 62.1 Å². The van der Waals surface area contributed by atoms with Gasteiger partial charge in [-0.2, -0.15) is 0 Å². The van der Waals surface area contributed by atoms with E-state index in [9.17, 15) is 0 Å². The van der Waals surface area contributed by atoms with Crippen LogP contribution in [0.4, 0.5) is 0 Å². The topological polar surface area (TPSA) is 51.0 Å². The van der Waals surface area contributed by atoms with E-state index in [0.717, 1.165) is 58.9 Å². The van der Waals surface area contributed by atoms with Crippen molar-refractivity contribution in [3.05, 3.63) is 52.5 Å². The predicted molar refractivity (Wildman–Crippen MR) is 102 cm³/mol. The SMILES string of the molecule is COc1cccc(-c2[nH]c3c(C)c(Cl)ccc3c2CCCCN)c1. The van der Waals surface area contributed by atoms with Crippen LogP contribution in [0.25, 0.3) is 22.2 Å². The maximum atomic E-state index is 6.31. The van der Waals surface area contributed by atoms with Gasteiger partial charge in [0.15, 0.2) is 0 Å². The molecule has 0 saturated heterocycles. The van der Waals surface area contributed by atoms with E-state index >= 15 is 0 Å². The Morgan fingerprint density at radius 1 is 1.17 bits per heavy atom. The molecule has 0 unspecified atom stereocenters. The second kappa shape index (κ2) is 7.29. The molecule has 4 heteroatoms. The van der Waals surface area contributed by atoms with Crippen LogP contribution in [0.3, 0.4) is 0 Å². The molecule has 2 aromatic carbocycles. The largest absolute Gasteiger partial charge is 0.497 e. The summed E-state index contributed by atoms with van der Waals surface area (Å²) in [6.07, 6.45) is 3.09. The summed E-state index contributed by atoms with van der Waals surface area (Å²) >= 11 is 6.31. The number of aromatic nitrogens is 1. The second-order valence-electron chi connectivity index (χ2n) is 6.05. The number of aromatic amines is 1. The molecule has 0 bridgehead atoms. The maximum absolute atomic E-state index is 6.31. The standard InChI is InChI=1S/C20H23ClN2O/c1-13-18(21)10-9-17-16(8-3-4-11-22)20(23-19(13)17)14-6-5-7-15(12-14)24-2/h5-7,9-10,12,23H,3-4,8,11,22H2,1-2H3. The van der Waals surface area contributed by atoms with Gasteiger partial charge in [0, 0.05) is 21.7 Å². The fourth-order valence-electron chi connectivity index (χ4n) is 3.16. The molecule has 0 spiro atoms. The quantitative estimate of drug-likeness (QED) is 0.613. The van der Waals surface area contributed by atoms with Crippen molar-refractivity contribution >= 4 is 22.5 Å². The van der Waals surface area contributed by atoms with Crippen LogP contribution in [-0.4, -0.2) is 18.6 Å². The number of hydrogen-bond acceptors (Lipinski definition) is 2. The molecule has 0 aliphatic carbocycles. The van der Waals surface area contributed by atoms with Crippen LogP contribution in [0.2, 0.25) is 5.02 Å². The molecule has 0 amide bonds. The van der Waals surface area contributed by atoms with Gasteiger partial charge < -0.3 is 15.5 Å². The minimum atomic E-state index is 0.724. The first-order valence-corrected chi connectivity index (χ1v) is 8.67. The highest BCUT2D eigenvalue weighted by molar-refractivity contribution is 6.32.